The minimum absolute atomic E-state index is 0.507. The SMILES string of the molecule is C1COC(CNCC2CCSCC2)C1. The number of hydrogen-bond donors (Lipinski definition) is 1. The lowest BCUT2D eigenvalue weighted by Crippen LogP contribution is -2.31. The van der Waals surface area contributed by atoms with Crippen LogP contribution in [-0.2, 0) is 4.74 Å². The summed E-state index contributed by atoms with van der Waals surface area (Å²) < 4.78 is 5.58. The van der Waals surface area contributed by atoms with Gasteiger partial charge in [-0.25, -0.2) is 0 Å². The van der Waals surface area contributed by atoms with Crippen LogP contribution < -0.4 is 5.32 Å². The van der Waals surface area contributed by atoms with E-state index in [0.29, 0.717) is 6.10 Å². The smallest absolute Gasteiger partial charge is 0.0700 e. The van der Waals surface area contributed by atoms with E-state index in [-0.39, 0.29) is 0 Å². The molecule has 0 aromatic carbocycles. The van der Waals surface area contributed by atoms with Crippen LogP contribution in [0, 0.1) is 5.92 Å². The number of hydrogen-bond acceptors (Lipinski definition) is 3. The van der Waals surface area contributed by atoms with Crippen molar-refractivity contribution in [1.82, 2.24) is 5.32 Å². The van der Waals surface area contributed by atoms with Crippen LogP contribution in [0.2, 0.25) is 0 Å². The van der Waals surface area contributed by atoms with Gasteiger partial charge in [0, 0.05) is 13.2 Å². The standard InChI is InChI=1S/C11H21NOS/c1-2-11(13-5-1)9-12-8-10-3-6-14-7-4-10/h10-12H,1-9H2. The van der Waals surface area contributed by atoms with Crippen molar-refractivity contribution in [3.8, 4) is 0 Å². The molecular weight excluding hydrogens is 194 g/mol. The molecule has 2 nitrogen and oxygen atoms in total. The molecule has 2 aliphatic rings. The average molecular weight is 215 g/mol. The Morgan fingerprint density at radius 1 is 1.14 bits per heavy atom. The van der Waals surface area contributed by atoms with Crippen LogP contribution in [0.1, 0.15) is 25.7 Å². The van der Waals surface area contributed by atoms with Crippen LogP contribution in [0.5, 0.6) is 0 Å². The summed E-state index contributed by atoms with van der Waals surface area (Å²) in [5, 5.41) is 3.56. The molecule has 1 atom stereocenters. The van der Waals surface area contributed by atoms with E-state index in [1.165, 1.54) is 43.7 Å². The van der Waals surface area contributed by atoms with Crippen molar-refractivity contribution in [2.45, 2.75) is 31.8 Å². The highest BCUT2D eigenvalue weighted by molar-refractivity contribution is 7.99. The van der Waals surface area contributed by atoms with Crippen molar-refractivity contribution in [1.29, 1.82) is 0 Å². The van der Waals surface area contributed by atoms with E-state index in [9.17, 15) is 0 Å². The molecule has 0 radical (unpaired) electrons. The molecule has 0 saturated carbocycles. The summed E-state index contributed by atoms with van der Waals surface area (Å²) in [7, 11) is 0. The molecule has 1 unspecified atom stereocenters. The Kier molecular flexibility index (Phi) is 4.61. The second kappa shape index (κ2) is 5.99. The van der Waals surface area contributed by atoms with Crippen molar-refractivity contribution in [2.24, 2.45) is 5.92 Å². The zero-order chi connectivity index (χ0) is 9.64. The van der Waals surface area contributed by atoms with Crippen LogP contribution in [-0.4, -0.2) is 37.3 Å². The maximum absolute atomic E-state index is 5.58. The zero-order valence-electron chi connectivity index (χ0n) is 8.84. The molecular formula is C11H21NOS. The lowest BCUT2D eigenvalue weighted by molar-refractivity contribution is 0.109. The van der Waals surface area contributed by atoms with Crippen molar-refractivity contribution in [3.05, 3.63) is 0 Å². The van der Waals surface area contributed by atoms with E-state index in [0.717, 1.165) is 19.1 Å². The second-order valence-corrected chi connectivity index (χ2v) is 5.57. The van der Waals surface area contributed by atoms with E-state index >= 15 is 0 Å². The maximum Gasteiger partial charge on any atom is 0.0700 e. The Morgan fingerprint density at radius 2 is 2.00 bits per heavy atom. The number of nitrogens with one attached hydrogen (secondary N) is 1. The van der Waals surface area contributed by atoms with Crippen LogP contribution in [0.3, 0.4) is 0 Å². The number of ether oxygens (including phenoxy) is 1. The summed E-state index contributed by atoms with van der Waals surface area (Å²) in [6, 6.07) is 0. The molecule has 2 fully saturated rings. The van der Waals surface area contributed by atoms with Gasteiger partial charge in [0.1, 0.15) is 0 Å². The molecule has 2 heterocycles. The van der Waals surface area contributed by atoms with Crippen molar-refractivity contribution in [3.63, 3.8) is 0 Å². The van der Waals surface area contributed by atoms with Gasteiger partial charge in [0.15, 0.2) is 0 Å². The minimum atomic E-state index is 0.507. The predicted octanol–water partition coefficient (Wildman–Crippen LogP) is 1.90. The molecule has 0 bridgehead atoms. The van der Waals surface area contributed by atoms with E-state index < -0.39 is 0 Å². The lowest BCUT2D eigenvalue weighted by Gasteiger charge is -2.22. The van der Waals surface area contributed by atoms with Crippen LogP contribution in [0.15, 0.2) is 0 Å². The number of rotatable bonds is 4. The van der Waals surface area contributed by atoms with E-state index in [4.69, 9.17) is 4.74 Å². The molecule has 1 N–H and O–H groups in total. The lowest BCUT2D eigenvalue weighted by atomic mass is 10.0. The molecule has 2 rings (SSSR count). The highest BCUT2D eigenvalue weighted by Crippen LogP contribution is 2.21. The zero-order valence-corrected chi connectivity index (χ0v) is 9.65. The van der Waals surface area contributed by atoms with Gasteiger partial charge in [0.2, 0.25) is 0 Å². The first-order valence-electron chi connectivity index (χ1n) is 5.85. The largest absolute Gasteiger partial charge is 0.377 e. The molecule has 0 aromatic heterocycles. The van der Waals surface area contributed by atoms with Gasteiger partial charge in [-0.15, -0.1) is 0 Å². The average Bonchev–Trinajstić information content (AvgIpc) is 2.72. The first-order valence-corrected chi connectivity index (χ1v) is 7.00. The number of thioether (sulfide) groups is 1. The molecule has 82 valence electrons. The fraction of sp³-hybridized carbons (Fsp3) is 1.00. The van der Waals surface area contributed by atoms with Gasteiger partial charge in [-0.05, 0) is 49.7 Å². The van der Waals surface area contributed by atoms with Gasteiger partial charge in [0.05, 0.1) is 6.10 Å². The summed E-state index contributed by atoms with van der Waals surface area (Å²) in [5.41, 5.74) is 0. The molecule has 0 amide bonds. The maximum atomic E-state index is 5.58. The van der Waals surface area contributed by atoms with Crippen LogP contribution in [0.25, 0.3) is 0 Å². The van der Waals surface area contributed by atoms with Gasteiger partial charge in [0.25, 0.3) is 0 Å². The van der Waals surface area contributed by atoms with Gasteiger partial charge in [-0.1, -0.05) is 0 Å². The van der Waals surface area contributed by atoms with Gasteiger partial charge >= 0.3 is 0 Å². The minimum Gasteiger partial charge on any atom is -0.377 e. The fourth-order valence-electron chi connectivity index (χ4n) is 2.20. The molecule has 0 aromatic rings. The van der Waals surface area contributed by atoms with Gasteiger partial charge in [-0.3, -0.25) is 0 Å². The predicted molar refractivity (Wildman–Crippen MR) is 61.9 cm³/mol. The molecule has 3 heteroatoms. The first kappa shape index (κ1) is 10.8. The molecule has 2 aliphatic heterocycles. The summed E-state index contributed by atoms with van der Waals surface area (Å²) in [4.78, 5) is 0. The molecule has 0 aliphatic carbocycles. The topological polar surface area (TPSA) is 21.3 Å². The molecule has 0 spiro atoms. The van der Waals surface area contributed by atoms with Gasteiger partial charge in [-0.2, -0.15) is 11.8 Å². The summed E-state index contributed by atoms with van der Waals surface area (Å²) >= 11 is 2.10. The Labute approximate surface area is 91.2 Å². The Bertz CT molecular complexity index is 153. The Balaban J connectivity index is 1.52. The summed E-state index contributed by atoms with van der Waals surface area (Å²) in [6.45, 7) is 3.26. The quantitative estimate of drug-likeness (QED) is 0.774. The Morgan fingerprint density at radius 3 is 2.71 bits per heavy atom. The molecule has 2 saturated heterocycles. The second-order valence-electron chi connectivity index (χ2n) is 4.35. The Hall–Kier alpha value is 0.270. The van der Waals surface area contributed by atoms with E-state index in [1.54, 1.807) is 0 Å². The monoisotopic (exact) mass is 215 g/mol. The first-order chi connectivity index (χ1) is 6.95. The van der Waals surface area contributed by atoms with Crippen molar-refractivity contribution < 1.29 is 4.74 Å². The van der Waals surface area contributed by atoms with Crippen molar-refractivity contribution in [2.75, 3.05) is 31.2 Å². The summed E-state index contributed by atoms with van der Waals surface area (Å²) in [6.07, 6.45) is 5.83. The van der Waals surface area contributed by atoms with E-state index in [1.807, 2.05) is 0 Å². The normalized spacial score (nSPS) is 29.6. The highest BCUT2D eigenvalue weighted by atomic mass is 32.2. The van der Waals surface area contributed by atoms with Crippen LogP contribution >= 0.6 is 11.8 Å². The third-order valence-electron chi connectivity index (χ3n) is 3.17. The molecule has 14 heavy (non-hydrogen) atoms. The summed E-state index contributed by atoms with van der Waals surface area (Å²) in [5.74, 6) is 3.66. The van der Waals surface area contributed by atoms with Gasteiger partial charge < -0.3 is 10.1 Å². The fourth-order valence-corrected chi connectivity index (χ4v) is 3.41. The third-order valence-corrected chi connectivity index (χ3v) is 4.22. The van der Waals surface area contributed by atoms with Crippen molar-refractivity contribution >= 4 is 11.8 Å². The third kappa shape index (κ3) is 3.44. The highest BCUT2D eigenvalue weighted by Gasteiger charge is 2.17. The van der Waals surface area contributed by atoms with E-state index in [2.05, 4.69) is 17.1 Å². The van der Waals surface area contributed by atoms with Crippen LogP contribution in [0.4, 0.5) is 0 Å².